The Hall–Kier alpha value is -0.450. The van der Waals surface area contributed by atoms with Crippen molar-refractivity contribution in [2.75, 3.05) is 19.6 Å². The molecule has 2 heterocycles. The summed E-state index contributed by atoms with van der Waals surface area (Å²) in [7, 11) is 0. The summed E-state index contributed by atoms with van der Waals surface area (Å²) in [4.78, 5) is 4.54. The van der Waals surface area contributed by atoms with E-state index in [1.807, 2.05) is 0 Å². The molecule has 90 valence electrons. The molecule has 4 heteroatoms. The van der Waals surface area contributed by atoms with E-state index in [1.165, 1.54) is 36.6 Å². The molecule has 1 aromatic heterocycles. The summed E-state index contributed by atoms with van der Waals surface area (Å²) in [6.07, 6.45) is 3.69. The fourth-order valence-corrected chi connectivity index (χ4v) is 2.82. The van der Waals surface area contributed by atoms with E-state index < -0.39 is 0 Å². The van der Waals surface area contributed by atoms with Crippen molar-refractivity contribution in [1.29, 1.82) is 0 Å². The van der Waals surface area contributed by atoms with Gasteiger partial charge in [0.25, 0.3) is 0 Å². The maximum Gasteiger partial charge on any atom is 0.0926 e. The lowest BCUT2D eigenvalue weighted by Crippen LogP contribution is -2.19. The normalized spacial score (nSPS) is 20.4. The van der Waals surface area contributed by atoms with Crippen LogP contribution in [0.1, 0.15) is 30.5 Å². The van der Waals surface area contributed by atoms with E-state index in [0.29, 0.717) is 0 Å². The Labute approximate surface area is 102 Å². The predicted molar refractivity (Wildman–Crippen MR) is 68.8 cm³/mol. The molecular formula is C12H21N3S. The van der Waals surface area contributed by atoms with E-state index >= 15 is 0 Å². The van der Waals surface area contributed by atoms with Gasteiger partial charge in [-0.15, -0.1) is 11.3 Å². The average molecular weight is 239 g/mol. The van der Waals surface area contributed by atoms with Gasteiger partial charge < -0.3 is 10.6 Å². The molecule has 2 N–H and O–H groups in total. The number of hydrogen-bond donors (Lipinski definition) is 2. The van der Waals surface area contributed by atoms with E-state index in [-0.39, 0.29) is 0 Å². The summed E-state index contributed by atoms with van der Waals surface area (Å²) in [5.41, 5.74) is 1.20. The van der Waals surface area contributed by atoms with E-state index in [4.69, 9.17) is 0 Å². The van der Waals surface area contributed by atoms with Crippen LogP contribution in [0.4, 0.5) is 0 Å². The lowest BCUT2D eigenvalue weighted by atomic mass is 10.1. The van der Waals surface area contributed by atoms with Gasteiger partial charge in [0.15, 0.2) is 0 Å². The first-order valence-electron chi connectivity index (χ1n) is 6.23. The van der Waals surface area contributed by atoms with Gasteiger partial charge in [-0.25, -0.2) is 4.98 Å². The fourth-order valence-electron chi connectivity index (χ4n) is 2.08. The second kappa shape index (κ2) is 6.33. The minimum atomic E-state index is 0.883. The highest BCUT2D eigenvalue weighted by Gasteiger charge is 2.13. The first kappa shape index (κ1) is 12.0. The number of aromatic nitrogens is 1. The highest BCUT2D eigenvalue weighted by Crippen LogP contribution is 2.12. The molecule has 1 aromatic rings. The third kappa shape index (κ3) is 3.54. The van der Waals surface area contributed by atoms with Crippen molar-refractivity contribution in [2.24, 2.45) is 5.92 Å². The van der Waals surface area contributed by atoms with Gasteiger partial charge in [-0.2, -0.15) is 0 Å². The summed E-state index contributed by atoms with van der Waals surface area (Å²) in [6, 6.07) is 0. The second-order valence-electron chi connectivity index (χ2n) is 4.41. The topological polar surface area (TPSA) is 37.0 Å². The zero-order valence-corrected chi connectivity index (χ0v) is 10.8. The number of aryl methyl sites for hydroxylation is 1. The van der Waals surface area contributed by atoms with E-state index in [9.17, 15) is 0 Å². The van der Waals surface area contributed by atoms with Crippen LogP contribution in [0.15, 0.2) is 5.38 Å². The maximum atomic E-state index is 4.54. The molecule has 0 spiro atoms. The number of rotatable bonds is 6. The molecule has 1 unspecified atom stereocenters. The summed E-state index contributed by atoms with van der Waals surface area (Å²) in [5.74, 6) is 0.883. The second-order valence-corrected chi connectivity index (χ2v) is 5.35. The van der Waals surface area contributed by atoms with Crippen molar-refractivity contribution in [2.45, 2.75) is 32.7 Å². The van der Waals surface area contributed by atoms with E-state index in [0.717, 1.165) is 25.4 Å². The summed E-state index contributed by atoms with van der Waals surface area (Å²) in [6.45, 7) is 6.61. The van der Waals surface area contributed by atoms with Crippen LogP contribution >= 0.6 is 11.3 Å². The largest absolute Gasteiger partial charge is 0.316 e. The minimum absolute atomic E-state index is 0.883. The Morgan fingerprint density at radius 1 is 1.62 bits per heavy atom. The predicted octanol–water partition coefficient (Wildman–Crippen LogP) is 1.79. The number of nitrogens with zero attached hydrogens (tertiary/aromatic N) is 1. The number of thiazole rings is 1. The summed E-state index contributed by atoms with van der Waals surface area (Å²) < 4.78 is 0. The van der Waals surface area contributed by atoms with Crippen molar-refractivity contribution in [3.63, 3.8) is 0 Å². The van der Waals surface area contributed by atoms with Crippen molar-refractivity contribution in [3.8, 4) is 0 Å². The molecule has 1 atom stereocenters. The Kier molecular flexibility index (Phi) is 4.75. The standard InChI is InChI=1S/C12H21N3S/c1-2-12-15-11(9-16-12)8-14-6-4-10-3-5-13-7-10/h9-10,13-14H,2-8H2,1H3. The highest BCUT2D eigenvalue weighted by atomic mass is 32.1. The van der Waals surface area contributed by atoms with E-state index in [2.05, 4.69) is 27.9 Å². The summed E-state index contributed by atoms with van der Waals surface area (Å²) in [5, 5.41) is 10.3. The zero-order chi connectivity index (χ0) is 11.2. The van der Waals surface area contributed by atoms with Crippen LogP contribution in [0.2, 0.25) is 0 Å². The Morgan fingerprint density at radius 2 is 2.56 bits per heavy atom. The van der Waals surface area contributed by atoms with Gasteiger partial charge in [-0.05, 0) is 44.8 Å². The van der Waals surface area contributed by atoms with Crippen molar-refractivity contribution in [1.82, 2.24) is 15.6 Å². The van der Waals surface area contributed by atoms with Crippen molar-refractivity contribution < 1.29 is 0 Å². The zero-order valence-electron chi connectivity index (χ0n) is 9.96. The average Bonchev–Trinajstić information content (AvgIpc) is 2.95. The molecule has 16 heavy (non-hydrogen) atoms. The Balaban J connectivity index is 1.60. The van der Waals surface area contributed by atoms with Gasteiger partial charge in [0.2, 0.25) is 0 Å². The molecule has 3 nitrogen and oxygen atoms in total. The van der Waals surface area contributed by atoms with Crippen molar-refractivity contribution in [3.05, 3.63) is 16.1 Å². The molecule has 1 fully saturated rings. The quantitative estimate of drug-likeness (QED) is 0.743. The van der Waals surface area contributed by atoms with Gasteiger partial charge in [0.1, 0.15) is 0 Å². The minimum Gasteiger partial charge on any atom is -0.316 e. The highest BCUT2D eigenvalue weighted by molar-refractivity contribution is 7.09. The van der Waals surface area contributed by atoms with Gasteiger partial charge >= 0.3 is 0 Å². The van der Waals surface area contributed by atoms with E-state index in [1.54, 1.807) is 11.3 Å². The molecule has 0 amide bonds. The monoisotopic (exact) mass is 239 g/mol. The Bertz CT molecular complexity index is 305. The summed E-state index contributed by atoms with van der Waals surface area (Å²) >= 11 is 1.77. The molecule has 1 saturated heterocycles. The molecule has 0 aliphatic carbocycles. The smallest absolute Gasteiger partial charge is 0.0926 e. The SMILES string of the molecule is CCc1nc(CNCCC2CCNC2)cs1. The van der Waals surface area contributed by atoms with Crippen LogP contribution < -0.4 is 10.6 Å². The maximum absolute atomic E-state index is 4.54. The van der Waals surface area contributed by atoms with Gasteiger partial charge in [0.05, 0.1) is 10.7 Å². The molecule has 0 saturated carbocycles. The van der Waals surface area contributed by atoms with Crippen LogP contribution in [0.5, 0.6) is 0 Å². The molecule has 1 aliphatic rings. The molecule has 2 rings (SSSR count). The van der Waals surface area contributed by atoms with Crippen LogP contribution in [0.3, 0.4) is 0 Å². The van der Waals surface area contributed by atoms with Crippen LogP contribution in [0.25, 0.3) is 0 Å². The molecule has 0 aromatic carbocycles. The fraction of sp³-hybridized carbons (Fsp3) is 0.750. The lowest BCUT2D eigenvalue weighted by Gasteiger charge is -2.08. The molecule has 0 bridgehead atoms. The Morgan fingerprint density at radius 3 is 3.25 bits per heavy atom. The molecule has 0 radical (unpaired) electrons. The first-order valence-corrected chi connectivity index (χ1v) is 7.11. The van der Waals surface area contributed by atoms with Gasteiger partial charge in [-0.1, -0.05) is 6.92 Å². The third-order valence-corrected chi connectivity index (χ3v) is 4.14. The third-order valence-electron chi connectivity index (χ3n) is 3.10. The van der Waals surface area contributed by atoms with Gasteiger partial charge in [0, 0.05) is 11.9 Å². The lowest BCUT2D eigenvalue weighted by molar-refractivity contribution is 0.498. The number of nitrogens with one attached hydrogen (secondary N) is 2. The van der Waals surface area contributed by atoms with Crippen LogP contribution in [-0.4, -0.2) is 24.6 Å². The first-order chi connectivity index (χ1) is 7.88. The molecular weight excluding hydrogens is 218 g/mol. The molecule has 1 aliphatic heterocycles. The number of hydrogen-bond acceptors (Lipinski definition) is 4. The van der Waals surface area contributed by atoms with Gasteiger partial charge in [-0.3, -0.25) is 0 Å². The van der Waals surface area contributed by atoms with Crippen LogP contribution in [-0.2, 0) is 13.0 Å². The van der Waals surface area contributed by atoms with Crippen LogP contribution in [0, 0.1) is 5.92 Å². The van der Waals surface area contributed by atoms with Crippen molar-refractivity contribution >= 4 is 11.3 Å².